The fourth-order valence-electron chi connectivity index (χ4n) is 2.44. The van der Waals surface area contributed by atoms with E-state index in [0.29, 0.717) is 12.0 Å². The van der Waals surface area contributed by atoms with Crippen molar-refractivity contribution in [2.75, 3.05) is 12.4 Å². The van der Waals surface area contributed by atoms with E-state index in [1.54, 1.807) is 7.11 Å². The molecule has 0 amide bonds. The van der Waals surface area contributed by atoms with Gasteiger partial charge in [-0.25, -0.2) is 0 Å². The van der Waals surface area contributed by atoms with Gasteiger partial charge in [-0.2, -0.15) is 0 Å². The van der Waals surface area contributed by atoms with E-state index in [1.165, 1.54) is 16.8 Å². The van der Waals surface area contributed by atoms with Gasteiger partial charge in [0.25, 0.3) is 0 Å². The summed E-state index contributed by atoms with van der Waals surface area (Å²) in [6, 6.07) is 17.4. The van der Waals surface area contributed by atoms with E-state index in [2.05, 4.69) is 62.5 Å². The molecular formula is C19H25NO. The van der Waals surface area contributed by atoms with Crippen molar-refractivity contribution < 1.29 is 4.74 Å². The molecule has 0 aliphatic rings. The summed E-state index contributed by atoms with van der Waals surface area (Å²) in [6.07, 6.45) is 0.996. The molecule has 0 heterocycles. The molecule has 2 rings (SSSR count). The van der Waals surface area contributed by atoms with Crippen molar-refractivity contribution in [1.82, 2.24) is 0 Å². The summed E-state index contributed by atoms with van der Waals surface area (Å²) in [4.78, 5) is 0. The highest BCUT2D eigenvalue weighted by molar-refractivity contribution is 5.47. The molecule has 1 N–H and O–H groups in total. The molecule has 1 atom stereocenters. The molecule has 21 heavy (non-hydrogen) atoms. The maximum Gasteiger partial charge on any atom is 0.118 e. The molecule has 2 heteroatoms. The normalized spacial score (nSPS) is 12.2. The Hall–Kier alpha value is -1.96. The Morgan fingerprint density at radius 1 is 1.00 bits per heavy atom. The van der Waals surface area contributed by atoms with Crippen molar-refractivity contribution in [3.63, 3.8) is 0 Å². The molecule has 0 bridgehead atoms. The summed E-state index contributed by atoms with van der Waals surface area (Å²) in [7, 11) is 1.70. The molecule has 0 aliphatic carbocycles. The Morgan fingerprint density at radius 2 is 1.71 bits per heavy atom. The van der Waals surface area contributed by atoms with Crippen LogP contribution in [0, 0.1) is 0 Å². The molecule has 2 aromatic carbocycles. The first-order valence-corrected chi connectivity index (χ1v) is 7.58. The molecule has 0 fully saturated rings. The molecule has 0 radical (unpaired) electrons. The summed E-state index contributed by atoms with van der Waals surface area (Å²) in [5.41, 5.74) is 3.88. The van der Waals surface area contributed by atoms with E-state index in [0.717, 1.165) is 12.2 Å². The van der Waals surface area contributed by atoms with Gasteiger partial charge in [0, 0.05) is 11.7 Å². The summed E-state index contributed by atoms with van der Waals surface area (Å²) >= 11 is 0. The van der Waals surface area contributed by atoms with E-state index >= 15 is 0 Å². The molecule has 2 aromatic rings. The number of ether oxygens (including phenoxy) is 1. The van der Waals surface area contributed by atoms with Crippen LogP contribution >= 0.6 is 0 Å². The topological polar surface area (TPSA) is 21.3 Å². The molecule has 0 saturated carbocycles. The van der Waals surface area contributed by atoms with E-state index in [4.69, 9.17) is 4.74 Å². The van der Waals surface area contributed by atoms with Gasteiger partial charge in [0.1, 0.15) is 5.75 Å². The average Bonchev–Trinajstić information content (AvgIpc) is 2.48. The SMILES string of the molecule is COc1ccc(CC(C)Nc2cccc(C(C)C)c2)cc1. The summed E-state index contributed by atoms with van der Waals surface area (Å²) in [5, 5.41) is 3.58. The van der Waals surface area contributed by atoms with Gasteiger partial charge in [-0.3, -0.25) is 0 Å². The number of anilines is 1. The lowest BCUT2D eigenvalue weighted by atomic mass is 10.0. The lowest BCUT2D eigenvalue weighted by Gasteiger charge is -2.17. The van der Waals surface area contributed by atoms with Crippen LogP contribution < -0.4 is 10.1 Å². The Bertz CT molecular complexity index is 560. The van der Waals surface area contributed by atoms with Gasteiger partial charge < -0.3 is 10.1 Å². The van der Waals surface area contributed by atoms with E-state index in [9.17, 15) is 0 Å². The predicted octanol–water partition coefficient (Wildman–Crippen LogP) is 4.86. The second-order valence-corrected chi connectivity index (χ2v) is 5.88. The highest BCUT2D eigenvalue weighted by atomic mass is 16.5. The van der Waals surface area contributed by atoms with E-state index in [-0.39, 0.29) is 0 Å². The number of benzene rings is 2. The third kappa shape index (κ3) is 4.52. The maximum absolute atomic E-state index is 5.19. The summed E-state index contributed by atoms with van der Waals surface area (Å²) in [5.74, 6) is 1.47. The fraction of sp³-hybridized carbons (Fsp3) is 0.368. The lowest BCUT2D eigenvalue weighted by Crippen LogP contribution is -2.18. The Balaban J connectivity index is 1.97. The number of methoxy groups -OCH3 is 1. The first-order valence-electron chi connectivity index (χ1n) is 7.58. The van der Waals surface area contributed by atoms with Crippen LogP contribution in [0.25, 0.3) is 0 Å². The van der Waals surface area contributed by atoms with Crippen molar-refractivity contribution in [3.8, 4) is 5.75 Å². The Labute approximate surface area is 128 Å². The van der Waals surface area contributed by atoms with Gasteiger partial charge in [-0.1, -0.05) is 38.1 Å². The van der Waals surface area contributed by atoms with E-state index in [1.807, 2.05) is 12.1 Å². The molecule has 2 nitrogen and oxygen atoms in total. The van der Waals surface area contributed by atoms with Crippen molar-refractivity contribution >= 4 is 5.69 Å². The summed E-state index contributed by atoms with van der Waals surface area (Å²) < 4.78 is 5.19. The van der Waals surface area contributed by atoms with Crippen LogP contribution in [0.2, 0.25) is 0 Å². The zero-order chi connectivity index (χ0) is 15.2. The minimum Gasteiger partial charge on any atom is -0.497 e. The lowest BCUT2D eigenvalue weighted by molar-refractivity contribution is 0.414. The van der Waals surface area contributed by atoms with Crippen LogP contribution in [0.4, 0.5) is 5.69 Å². The predicted molar refractivity (Wildman–Crippen MR) is 90.3 cm³/mol. The second-order valence-electron chi connectivity index (χ2n) is 5.88. The van der Waals surface area contributed by atoms with Gasteiger partial charge >= 0.3 is 0 Å². The number of nitrogens with one attached hydrogen (secondary N) is 1. The second kappa shape index (κ2) is 7.16. The van der Waals surface area contributed by atoms with Gasteiger partial charge in [0.15, 0.2) is 0 Å². The zero-order valence-corrected chi connectivity index (χ0v) is 13.4. The third-order valence-corrected chi connectivity index (χ3v) is 3.67. The van der Waals surface area contributed by atoms with Crippen molar-refractivity contribution in [2.45, 2.75) is 39.2 Å². The quantitative estimate of drug-likeness (QED) is 0.817. The largest absolute Gasteiger partial charge is 0.497 e. The zero-order valence-electron chi connectivity index (χ0n) is 13.4. The molecule has 1 unspecified atom stereocenters. The minimum atomic E-state index is 0.390. The van der Waals surface area contributed by atoms with Gasteiger partial charge in [-0.05, 0) is 54.7 Å². The van der Waals surface area contributed by atoms with Crippen LogP contribution in [0.5, 0.6) is 5.75 Å². The maximum atomic E-state index is 5.19. The van der Waals surface area contributed by atoms with Crippen molar-refractivity contribution in [2.24, 2.45) is 0 Å². The Kier molecular flexibility index (Phi) is 5.26. The van der Waals surface area contributed by atoms with E-state index < -0.39 is 0 Å². The summed E-state index contributed by atoms with van der Waals surface area (Å²) in [6.45, 7) is 6.66. The highest BCUT2D eigenvalue weighted by Gasteiger charge is 2.06. The highest BCUT2D eigenvalue weighted by Crippen LogP contribution is 2.20. The van der Waals surface area contributed by atoms with Crippen LogP contribution in [0.1, 0.15) is 37.8 Å². The van der Waals surface area contributed by atoms with Gasteiger partial charge in [0.05, 0.1) is 7.11 Å². The molecule has 0 aliphatic heterocycles. The smallest absolute Gasteiger partial charge is 0.118 e. The standard InChI is InChI=1S/C19H25NO/c1-14(2)17-6-5-7-18(13-17)20-15(3)12-16-8-10-19(21-4)11-9-16/h5-11,13-15,20H,12H2,1-4H3. The first kappa shape index (κ1) is 15.4. The van der Waals surface area contributed by atoms with Crippen LogP contribution in [0.3, 0.4) is 0 Å². The van der Waals surface area contributed by atoms with Crippen LogP contribution in [-0.2, 0) is 6.42 Å². The fourth-order valence-corrected chi connectivity index (χ4v) is 2.44. The third-order valence-electron chi connectivity index (χ3n) is 3.67. The molecule has 112 valence electrons. The van der Waals surface area contributed by atoms with Gasteiger partial charge in [0.2, 0.25) is 0 Å². The van der Waals surface area contributed by atoms with Crippen LogP contribution in [-0.4, -0.2) is 13.2 Å². The Morgan fingerprint density at radius 3 is 2.33 bits per heavy atom. The van der Waals surface area contributed by atoms with Gasteiger partial charge in [-0.15, -0.1) is 0 Å². The number of hydrogen-bond donors (Lipinski definition) is 1. The number of hydrogen-bond acceptors (Lipinski definition) is 2. The first-order chi connectivity index (χ1) is 10.1. The average molecular weight is 283 g/mol. The monoisotopic (exact) mass is 283 g/mol. The number of rotatable bonds is 6. The van der Waals surface area contributed by atoms with Crippen molar-refractivity contribution in [3.05, 3.63) is 59.7 Å². The molecule has 0 saturated heterocycles. The van der Waals surface area contributed by atoms with Crippen LogP contribution in [0.15, 0.2) is 48.5 Å². The molecular weight excluding hydrogens is 258 g/mol. The molecule has 0 aromatic heterocycles. The van der Waals surface area contributed by atoms with Crippen molar-refractivity contribution in [1.29, 1.82) is 0 Å². The molecule has 0 spiro atoms. The minimum absolute atomic E-state index is 0.390.